The molecule has 2 aromatic heterocycles. The van der Waals surface area contributed by atoms with Gasteiger partial charge >= 0.3 is 6.61 Å². The summed E-state index contributed by atoms with van der Waals surface area (Å²) in [6, 6.07) is 8.41. The van der Waals surface area contributed by atoms with Gasteiger partial charge in [0.25, 0.3) is 0 Å². The van der Waals surface area contributed by atoms with Crippen molar-refractivity contribution in [2.45, 2.75) is 50.3 Å². The van der Waals surface area contributed by atoms with Crippen LogP contribution in [0.3, 0.4) is 0 Å². The van der Waals surface area contributed by atoms with E-state index >= 15 is 0 Å². The van der Waals surface area contributed by atoms with Crippen LogP contribution in [0.15, 0.2) is 29.4 Å². The number of fused-ring (bicyclic) bond motifs is 1. The van der Waals surface area contributed by atoms with Gasteiger partial charge < -0.3 is 14.6 Å². The minimum Gasteiger partial charge on any atom is -0.435 e. The number of carbonyl (C=O) groups is 1. The number of anilines is 1. The van der Waals surface area contributed by atoms with E-state index in [1.807, 2.05) is 0 Å². The fraction of sp³-hybridized carbons (Fsp3) is 0.391. The van der Waals surface area contributed by atoms with E-state index in [0.29, 0.717) is 27.1 Å². The third-order valence-corrected chi connectivity index (χ3v) is 7.77. The predicted octanol–water partition coefficient (Wildman–Crippen LogP) is 5.41. The maximum atomic E-state index is 12.6. The van der Waals surface area contributed by atoms with E-state index in [2.05, 4.69) is 26.3 Å². The number of benzene rings is 1. The number of hydrogen-bond donors (Lipinski definition) is 1. The molecular weight excluding hydrogens is 480 g/mol. The summed E-state index contributed by atoms with van der Waals surface area (Å²) in [5, 5.41) is 22.1. The zero-order chi connectivity index (χ0) is 24.1. The van der Waals surface area contributed by atoms with E-state index in [9.17, 15) is 18.8 Å². The molecule has 0 saturated heterocycles. The lowest BCUT2D eigenvalue weighted by atomic mass is 9.97. The van der Waals surface area contributed by atoms with E-state index in [1.54, 1.807) is 23.7 Å². The van der Waals surface area contributed by atoms with Crippen molar-refractivity contribution < 1.29 is 18.3 Å². The number of nitriles is 1. The minimum atomic E-state index is -2.88. The number of thioether (sulfide) groups is 1. The first-order valence-electron chi connectivity index (χ1n) is 10.9. The highest BCUT2D eigenvalue weighted by molar-refractivity contribution is 7.99. The van der Waals surface area contributed by atoms with E-state index < -0.39 is 6.61 Å². The Hall–Kier alpha value is -2.97. The second kappa shape index (κ2) is 11.0. The number of halogens is 2. The topological polar surface area (TPSA) is 92.8 Å². The lowest BCUT2D eigenvalue weighted by molar-refractivity contribution is -0.113. The van der Waals surface area contributed by atoms with Gasteiger partial charge in [-0.05, 0) is 55.5 Å². The Balaban J connectivity index is 1.40. The van der Waals surface area contributed by atoms with Crippen LogP contribution in [0.25, 0.3) is 11.4 Å². The highest BCUT2D eigenvalue weighted by Gasteiger charge is 2.21. The molecule has 1 N–H and O–H groups in total. The zero-order valence-corrected chi connectivity index (χ0v) is 20.1. The minimum absolute atomic E-state index is 0.0606. The Bertz CT molecular complexity index is 1200. The Kier molecular flexibility index (Phi) is 7.80. The van der Waals surface area contributed by atoms with Crippen LogP contribution in [-0.2, 0) is 24.7 Å². The first kappa shape index (κ1) is 24.2. The lowest BCUT2D eigenvalue weighted by Crippen LogP contribution is -2.14. The number of nitrogens with one attached hydrogen (secondary N) is 1. The molecule has 7 nitrogen and oxygen atoms in total. The smallest absolute Gasteiger partial charge is 0.387 e. The summed E-state index contributed by atoms with van der Waals surface area (Å²) < 4.78 is 30.8. The Morgan fingerprint density at radius 2 is 1.97 bits per heavy atom. The summed E-state index contributed by atoms with van der Waals surface area (Å²) in [5.74, 6) is 0.496. The molecule has 4 rings (SSSR count). The standard InChI is InChI=1S/C23H23F2N5O2S2/c1-30-20(14-8-10-15(11-9-14)32-22(24)25)28-29-23(30)33-13-19(31)27-21-17(12-26)16-6-4-2-3-5-7-18(16)34-21/h8-11,22H,2-7,13H2,1H3,(H,27,31). The molecule has 0 bridgehead atoms. The summed E-state index contributed by atoms with van der Waals surface area (Å²) in [7, 11) is 1.77. The maximum Gasteiger partial charge on any atom is 0.387 e. The van der Waals surface area contributed by atoms with Crippen LogP contribution in [0, 0.1) is 11.3 Å². The number of ether oxygens (including phenoxy) is 1. The Labute approximate surface area is 204 Å². The van der Waals surface area contributed by atoms with Crippen LogP contribution in [0.4, 0.5) is 13.8 Å². The number of amides is 1. The van der Waals surface area contributed by atoms with Crippen molar-refractivity contribution in [2.24, 2.45) is 7.05 Å². The van der Waals surface area contributed by atoms with Gasteiger partial charge in [-0.2, -0.15) is 14.0 Å². The summed E-state index contributed by atoms with van der Waals surface area (Å²) in [6.07, 6.45) is 6.39. The van der Waals surface area contributed by atoms with Gasteiger partial charge in [-0.25, -0.2) is 0 Å². The molecule has 1 aliphatic carbocycles. The van der Waals surface area contributed by atoms with Crippen molar-refractivity contribution in [1.82, 2.24) is 14.8 Å². The molecule has 178 valence electrons. The summed E-state index contributed by atoms with van der Waals surface area (Å²) in [5.41, 5.74) is 2.38. The van der Waals surface area contributed by atoms with Crippen LogP contribution in [0.1, 0.15) is 41.7 Å². The maximum absolute atomic E-state index is 12.6. The molecule has 0 atom stereocenters. The monoisotopic (exact) mass is 503 g/mol. The molecule has 1 aromatic carbocycles. The van der Waals surface area contributed by atoms with Gasteiger partial charge in [0, 0.05) is 17.5 Å². The number of nitrogens with zero attached hydrogens (tertiary/aromatic N) is 4. The summed E-state index contributed by atoms with van der Waals surface area (Å²) in [6.45, 7) is -2.88. The van der Waals surface area contributed by atoms with Gasteiger partial charge in [-0.1, -0.05) is 24.6 Å². The number of aryl methyl sites for hydroxylation is 1. The molecule has 0 radical (unpaired) electrons. The van der Waals surface area contributed by atoms with Crippen LogP contribution in [-0.4, -0.2) is 33.0 Å². The van der Waals surface area contributed by atoms with Crippen molar-refractivity contribution >= 4 is 34.0 Å². The number of aromatic nitrogens is 3. The van der Waals surface area contributed by atoms with Crippen LogP contribution < -0.4 is 10.1 Å². The van der Waals surface area contributed by atoms with Gasteiger partial charge in [0.1, 0.15) is 16.8 Å². The fourth-order valence-corrected chi connectivity index (χ4v) is 5.86. The molecule has 0 aliphatic heterocycles. The number of hydrogen-bond acceptors (Lipinski definition) is 7. The number of carbonyl (C=O) groups excluding carboxylic acids is 1. The molecule has 1 amide bonds. The van der Waals surface area contributed by atoms with E-state index in [1.165, 1.54) is 53.0 Å². The average Bonchev–Trinajstić information content (AvgIpc) is 3.31. The van der Waals surface area contributed by atoms with E-state index in [-0.39, 0.29) is 17.4 Å². The first-order chi connectivity index (χ1) is 16.5. The Morgan fingerprint density at radius 3 is 2.68 bits per heavy atom. The molecule has 1 aliphatic rings. The lowest BCUT2D eigenvalue weighted by Gasteiger charge is -2.08. The van der Waals surface area contributed by atoms with Crippen LogP contribution in [0.2, 0.25) is 0 Å². The Morgan fingerprint density at radius 1 is 1.24 bits per heavy atom. The molecule has 0 unspecified atom stereocenters. The third-order valence-electron chi connectivity index (χ3n) is 5.54. The number of rotatable bonds is 7. The summed E-state index contributed by atoms with van der Waals surface area (Å²) >= 11 is 2.75. The second-order valence-corrected chi connectivity index (χ2v) is 9.89. The molecular formula is C23H23F2N5O2S2. The third kappa shape index (κ3) is 5.56. The highest BCUT2D eigenvalue weighted by Crippen LogP contribution is 2.36. The fourth-order valence-electron chi connectivity index (χ4n) is 3.90. The zero-order valence-electron chi connectivity index (χ0n) is 18.5. The molecule has 3 aromatic rings. The van der Waals surface area contributed by atoms with Crippen molar-refractivity contribution in [3.63, 3.8) is 0 Å². The molecule has 0 fully saturated rings. The normalized spacial score (nSPS) is 13.6. The molecule has 0 spiro atoms. The molecule has 0 saturated carbocycles. The van der Waals surface area contributed by atoms with Crippen LogP contribution in [0.5, 0.6) is 5.75 Å². The first-order valence-corrected chi connectivity index (χ1v) is 12.7. The average molecular weight is 504 g/mol. The van der Waals surface area contributed by atoms with Gasteiger partial charge in [0.2, 0.25) is 5.91 Å². The number of alkyl halides is 2. The quantitative estimate of drug-likeness (QED) is 0.434. The van der Waals surface area contributed by atoms with Crippen molar-refractivity contribution in [3.05, 3.63) is 40.3 Å². The van der Waals surface area contributed by atoms with Gasteiger partial charge in [0.15, 0.2) is 11.0 Å². The predicted molar refractivity (Wildman–Crippen MR) is 127 cm³/mol. The molecule has 34 heavy (non-hydrogen) atoms. The number of thiophene rings is 1. The molecule has 11 heteroatoms. The van der Waals surface area contributed by atoms with Crippen molar-refractivity contribution in [2.75, 3.05) is 11.1 Å². The van der Waals surface area contributed by atoms with Gasteiger partial charge in [-0.3, -0.25) is 4.79 Å². The van der Waals surface area contributed by atoms with E-state index in [4.69, 9.17) is 0 Å². The van der Waals surface area contributed by atoms with Gasteiger partial charge in [-0.15, -0.1) is 21.5 Å². The highest BCUT2D eigenvalue weighted by atomic mass is 32.2. The van der Waals surface area contributed by atoms with Crippen molar-refractivity contribution in [1.29, 1.82) is 5.26 Å². The largest absolute Gasteiger partial charge is 0.435 e. The summed E-state index contributed by atoms with van der Waals surface area (Å²) in [4.78, 5) is 13.9. The van der Waals surface area contributed by atoms with Gasteiger partial charge in [0.05, 0.1) is 11.3 Å². The second-order valence-electron chi connectivity index (χ2n) is 7.84. The van der Waals surface area contributed by atoms with Crippen molar-refractivity contribution in [3.8, 4) is 23.2 Å². The van der Waals surface area contributed by atoms with Crippen LogP contribution >= 0.6 is 23.1 Å². The molecule has 2 heterocycles. The van der Waals surface area contributed by atoms with E-state index in [0.717, 1.165) is 31.2 Å². The SMILES string of the molecule is Cn1c(SCC(=O)Nc2sc3c(c2C#N)CCCCCC3)nnc1-c1ccc(OC(F)F)cc1.